The molecule has 1 unspecified atom stereocenters. The van der Waals surface area contributed by atoms with Crippen LogP contribution in [0.3, 0.4) is 0 Å². The van der Waals surface area contributed by atoms with E-state index in [1.54, 1.807) is 24.5 Å². The Balaban J connectivity index is 1.48. The summed E-state index contributed by atoms with van der Waals surface area (Å²) in [6.07, 6.45) is 3.46. The highest BCUT2D eigenvalue weighted by molar-refractivity contribution is 6.01. The zero-order chi connectivity index (χ0) is 21.4. The van der Waals surface area contributed by atoms with E-state index in [-0.39, 0.29) is 24.3 Å². The summed E-state index contributed by atoms with van der Waals surface area (Å²) >= 11 is 0. The van der Waals surface area contributed by atoms with Crippen molar-refractivity contribution in [1.82, 2.24) is 14.9 Å². The van der Waals surface area contributed by atoms with E-state index in [0.29, 0.717) is 17.8 Å². The molecule has 0 saturated heterocycles. The molecule has 5 rings (SSSR count). The lowest BCUT2D eigenvalue weighted by atomic mass is 9.95. The second-order valence-corrected chi connectivity index (χ2v) is 7.74. The minimum atomic E-state index is -0.231. The third-order valence-electron chi connectivity index (χ3n) is 5.80. The van der Waals surface area contributed by atoms with Gasteiger partial charge in [-0.2, -0.15) is 0 Å². The van der Waals surface area contributed by atoms with Gasteiger partial charge in [0.05, 0.1) is 17.9 Å². The van der Waals surface area contributed by atoms with E-state index in [1.807, 2.05) is 54.3 Å². The van der Waals surface area contributed by atoms with Crippen LogP contribution in [0.1, 0.15) is 39.6 Å². The Morgan fingerprint density at radius 3 is 2.74 bits per heavy atom. The van der Waals surface area contributed by atoms with E-state index in [1.165, 1.54) is 0 Å². The van der Waals surface area contributed by atoms with Gasteiger partial charge in [-0.15, -0.1) is 0 Å². The summed E-state index contributed by atoms with van der Waals surface area (Å²) in [6, 6.07) is 19.2. The number of amides is 2. The van der Waals surface area contributed by atoms with Gasteiger partial charge in [-0.25, -0.2) is 0 Å². The lowest BCUT2D eigenvalue weighted by molar-refractivity contribution is -0.116. The fraction of sp³-hybridized carbons (Fsp3) is 0.160. The van der Waals surface area contributed by atoms with Crippen molar-refractivity contribution >= 4 is 28.4 Å². The SMILES string of the molecule is Cc1[nH]c2ccccc2c1C1c2ccccc2C(=O)N1CCC(=O)Nc1cccnc1. The Morgan fingerprint density at radius 1 is 1.10 bits per heavy atom. The van der Waals surface area contributed by atoms with Crippen LogP contribution in [0, 0.1) is 6.92 Å². The lowest BCUT2D eigenvalue weighted by Crippen LogP contribution is -2.32. The summed E-state index contributed by atoms with van der Waals surface area (Å²) < 4.78 is 0. The topological polar surface area (TPSA) is 78.1 Å². The first-order chi connectivity index (χ1) is 15.1. The number of hydrogen-bond acceptors (Lipinski definition) is 3. The van der Waals surface area contributed by atoms with E-state index in [0.717, 1.165) is 27.7 Å². The standard InChI is InChI=1S/C25H22N4O2/c1-16-23(20-10-4-5-11-21(20)27-16)24-18-8-2-3-9-19(18)25(31)29(24)14-12-22(30)28-17-7-6-13-26-15-17/h2-11,13,15,24,27H,12,14H2,1H3,(H,28,30). The number of nitrogens with zero attached hydrogens (tertiary/aromatic N) is 2. The number of aryl methyl sites for hydroxylation is 1. The molecular formula is C25H22N4O2. The normalized spacial score (nSPS) is 15.3. The molecule has 1 aliphatic rings. The van der Waals surface area contributed by atoms with Gasteiger partial charge in [0.15, 0.2) is 0 Å². The van der Waals surface area contributed by atoms with Crippen LogP contribution in [0.25, 0.3) is 10.9 Å². The first-order valence-electron chi connectivity index (χ1n) is 10.3. The molecule has 0 aliphatic carbocycles. The van der Waals surface area contributed by atoms with Crippen molar-refractivity contribution in [2.24, 2.45) is 0 Å². The number of carbonyl (C=O) groups excluding carboxylic acids is 2. The van der Waals surface area contributed by atoms with Crippen LogP contribution < -0.4 is 5.32 Å². The number of hydrogen-bond donors (Lipinski definition) is 2. The number of benzene rings is 2. The number of aromatic nitrogens is 2. The fourth-order valence-corrected chi connectivity index (χ4v) is 4.44. The minimum absolute atomic E-state index is 0.0422. The molecule has 31 heavy (non-hydrogen) atoms. The average Bonchev–Trinajstić information content (AvgIpc) is 3.26. The van der Waals surface area contributed by atoms with Gasteiger partial charge in [0.1, 0.15) is 0 Å². The second-order valence-electron chi connectivity index (χ2n) is 7.74. The number of H-pyrrole nitrogens is 1. The number of rotatable bonds is 5. The van der Waals surface area contributed by atoms with Crippen molar-refractivity contribution in [2.75, 3.05) is 11.9 Å². The Kier molecular flexibility index (Phi) is 4.75. The maximum absolute atomic E-state index is 13.3. The van der Waals surface area contributed by atoms with Gasteiger partial charge < -0.3 is 15.2 Å². The van der Waals surface area contributed by atoms with Gasteiger partial charge in [0, 0.05) is 46.9 Å². The maximum atomic E-state index is 13.3. The van der Waals surface area contributed by atoms with Crippen molar-refractivity contribution < 1.29 is 9.59 Å². The highest BCUT2D eigenvalue weighted by atomic mass is 16.2. The molecular weight excluding hydrogens is 388 g/mol. The summed E-state index contributed by atoms with van der Waals surface area (Å²) in [6.45, 7) is 2.36. The molecule has 6 nitrogen and oxygen atoms in total. The highest BCUT2D eigenvalue weighted by Gasteiger charge is 2.39. The monoisotopic (exact) mass is 410 g/mol. The van der Waals surface area contributed by atoms with E-state index in [9.17, 15) is 9.59 Å². The summed E-state index contributed by atoms with van der Waals surface area (Å²) in [7, 11) is 0. The molecule has 1 atom stereocenters. The first kappa shape index (κ1) is 19.1. The predicted molar refractivity (Wildman–Crippen MR) is 120 cm³/mol. The van der Waals surface area contributed by atoms with Gasteiger partial charge >= 0.3 is 0 Å². The lowest BCUT2D eigenvalue weighted by Gasteiger charge is -2.26. The number of anilines is 1. The van der Waals surface area contributed by atoms with Crippen LogP contribution >= 0.6 is 0 Å². The largest absolute Gasteiger partial charge is 0.358 e. The average molecular weight is 410 g/mol. The Morgan fingerprint density at radius 2 is 1.90 bits per heavy atom. The Bertz CT molecular complexity index is 1280. The van der Waals surface area contributed by atoms with Crippen molar-refractivity contribution in [2.45, 2.75) is 19.4 Å². The van der Waals surface area contributed by atoms with Gasteiger partial charge in [-0.05, 0) is 36.8 Å². The van der Waals surface area contributed by atoms with E-state index in [4.69, 9.17) is 0 Å². The summed E-state index contributed by atoms with van der Waals surface area (Å²) in [5, 5.41) is 3.94. The number of pyridine rings is 1. The summed E-state index contributed by atoms with van der Waals surface area (Å²) in [5.41, 5.74) is 5.48. The van der Waals surface area contributed by atoms with Crippen LogP contribution in [0.5, 0.6) is 0 Å². The Hall–Kier alpha value is -3.93. The Labute approximate surface area is 179 Å². The van der Waals surface area contributed by atoms with Crippen LogP contribution in [0.2, 0.25) is 0 Å². The molecule has 0 saturated carbocycles. The zero-order valence-electron chi connectivity index (χ0n) is 17.1. The molecule has 3 heterocycles. The maximum Gasteiger partial charge on any atom is 0.255 e. The molecule has 0 spiro atoms. The van der Waals surface area contributed by atoms with Gasteiger partial charge in [0.25, 0.3) is 5.91 Å². The number of para-hydroxylation sites is 1. The molecule has 0 bridgehead atoms. The highest BCUT2D eigenvalue weighted by Crippen LogP contribution is 2.42. The predicted octanol–water partition coefficient (Wildman–Crippen LogP) is 4.45. The van der Waals surface area contributed by atoms with Crippen molar-refractivity contribution in [3.8, 4) is 0 Å². The van der Waals surface area contributed by atoms with E-state index >= 15 is 0 Å². The third kappa shape index (κ3) is 3.36. The molecule has 2 N–H and O–H groups in total. The van der Waals surface area contributed by atoms with Gasteiger partial charge in [-0.1, -0.05) is 36.4 Å². The van der Waals surface area contributed by atoms with Crippen LogP contribution in [-0.4, -0.2) is 33.2 Å². The molecule has 4 aromatic rings. The molecule has 2 aromatic carbocycles. The first-order valence-corrected chi connectivity index (χ1v) is 10.3. The summed E-state index contributed by atoms with van der Waals surface area (Å²) in [4.78, 5) is 35.1. The minimum Gasteiger partial charge on any atom is -0.358 e. The number of aromatic amines is 1. The molecule has 2 aromatic heterocycles. The third-order valence-corrected chi connectivity index (χ3v) is 5.80. The van der Waals surface area contributed by atoms with Crippen LogP contribution in [0.4, 0.5) is 5.69 Å². The number of carbonyl (C=O) groups is 2. The fourth-order valence-electron chi connectivity index (χ4n) is 4.44. The molecule has 0 radical (unpaired) electrons. The van der Waals surface area contributed by atoms with Crippen LogP contribution in [-0.2, 0) is 4.79 Å². The van der Waals surface area contributed by atoms with Gasteiger partial charge in [-0.3, -0.25) is 14.6 Å². The van der Waals surface area contributed by atoms with E-state index in [2.05, 4.69) is 21.4 Å². The number of fused-ring (bicyclic) bond motifs is 2. The van der Waals surface area contributed by atoms with Gasteiger partial charge in [0.2, 0.25) is 5.91 Å². The summed E-state index contributed by atoms with van der Waals surface area (Å²) in [5.74, 6) is -0.189. The molecule has 154 valence electrons. The van der Waals surface area contributed by atoms with Crippen molar-refractivity contribution in [1.29, 1.82) is 0 Å². The molecule has 0 fully saturated rings. The smallest absolute Gasteiger partial charge is 0.255 e. The molecule has 1 aliphatic heterocycles. The second kappa shape index (κ2) is 7.72. The zero-order valence-corrected chi connectivity index (χ0v) is 17.1. The molecule has 2 amide bonds. The molecule has 6 heteroatoms. The number of nitrogens with one attached hydrogen (secondary N) is 2. The van der Waals surface area contributed by atoms with Crippen LogP contribution in [0.15, 0.2) is 73.1 Å². The van der Waals surface area contributed by atoms with Crippen molar-refractivity contribution in [3.63, 3.8) is 0 Å². The quantitative estimate of drug-likeness (QED) is 0.510. The van der Waals surface area contributed by atoms with Crippen molar-refractivity contribution in [3.05, 3.63) is 95.4 Å². The van der Waals surface area contributed by atoms with E-state index < -0.39 is 0 Å².